The predicted molar refractivity (Wildman–Crippen MR) is 94.6 cm³/mol. The minimum Gasteiger partial charge on any atom is -0.332 e. The molecule has 0 radical (unpaired) electrons. The average molecular weight is 329 g/mol. The number of amides is 2. The van der Waals surface area contributed by atoms with E-state index >= 15 is 0 Å². The zero-order valence-corrected chi connectivity index (χ0v) is 14.4. The number of anilines is 1. The Morgan fingerprint density at radius 3 is 2.50 bits per heavy atom. The maximum absolute atomic E-state index is 13.0. The molecule has 1 aliphatic carbocycles. The summed E-state index contributed by atoms with van der Waals surface area (Å²) < 4.78 is 0. The van der Waals surface area contributed by atoms with Crippen LogP contribution in [0.15, 0.2) is 30.3 Å². The van der Waals surface area contributed by atoms with Gasteiger partial charge in [-0.05, 0) is 37.8 Å². The molecule has 5 heteroatoms. The van der Waals surface area contributed by atoms with Crippen molar-refractivity contribution in [1.29, 1.82) is 0 Å². The quantitative estimate of drug-likeness (QED) is 0.925. The van der Waals surface area contributed by atoms with E-state index in [0.717, 1.165) is 44.2 Å². The summed E-state index contributed by atoms with van der Waals surface area (Å²) in [7, 11) is 1.74. The molecule has 1 unspecified atom stereocenters. The van der Waals surface area contributed by atoms with Crippen molar-refractivity contribution in [2.24, 2.45) is 5.73 Å². The van der Waals surface area contributed by atoms with Crippen LogP contribution in [0, 0.1) is 0 Å². The van der Waals surface area contributed by atoms with E-state index in [2.05, 4.69) is 0 Å². The minimum atomic E-state index is -0.789. The van der Waals surface area contributed by atoms with Crippen molar-refractivity contribution >= 4 is 17.5 Å². The highest BCUT2D eigenvalue weighted by Crippen LogP contribution is 2.30. The molecule has 1 saturated carbocycles. The molecular formula is C19H27N3O2. The molecular weight excluding hydrogens is 302 g/mol. The van der Waals surface area contributed by atoms with Crippen LogP contribution in [0.3, 0.4) is 0 Å². The van der Waals surface area contributed by atoms with Gasteiger partial charge in [0, 0.05) is 19.3 Å². The SMILES string of the molecule is CN(C(=O)C1(N)CCCCC1)C1CCCN(c2ccccc2)C1=O. The molecule has 130 valence electrons. The Morgan fingerprint density at radius 2 is 1.83 bits per heavy atom. The zero-order chi connectivity index (χ0) is 17.2. The molecule has 0 spiro atoms. The normalized spacial score (nSPS) is 23.8. The Balaban J connectivity index is 1.75. The summed E-state index contributed by atoms with van der Waals surface area (Å²) in [4.78, 5) is 29.3. The van der Waals surface area contributed by atoms with Crippen molar-refractivity contribution in [3.05, 3.63) is 30.3 Å². The average Bonchev–Trinajstić information content (AvgIpc) is 2.62. The van der Waals surface area contributed by atoms with E-state index in [9.17, 15) is 9.59 Å². The molecule has 3 rings (SSSR count). The van der Waals surface area contributed by atoms with E-state index in [1.54, 1.807) is 16.8 Å². The number of rotatable bonds is 3. The standard InChI is InChI=1S/C19H27N3O2/c1-21(18(24)19(20)12-6-3-7-13-19)16-11-8-14-22(17(16)23)15-9-4-2-5-10-15/h2,4-5,9-10,16H,3,6-8,11-14,20H2,1H3. The number of nitrogens with two attached hydrogens (primary N) is 1. The zero-order valence-electron chi connectivity index (χ0n) is 14.4. The van der Waals surface area contributed by atoms with E-state index in [4.69, 9.17) is 5.73 Å². The summed E-state index contributed by atoms with van der Waals surface area (Å²) in [6.45, 7) is 0.704. The molecule has 2 fully saturated rings. The van der Waals surface area contributed by atoms with Gasteiger partial charge in [-0.15, -0.1) is 0 Å². The van der Waals surface area contributed by atoms with Crippen molar-refractivity contribution in [3.8, 4) is 0 Å². The number of nitrogens with zero attached hydrogens (tertiary/aromatic N) is 2. The summed E-state index contributed by atoms with van der Waals surface area (Å²) >= 11 is 0. The largest absolute Gasteiger partial charge is 0.332 e. The maximum atomic E-state index is 13.0. The molecule has 1 heterocycles. The molecule has 2 amide bonds. The van der Waals surface area contributed by atoms with Crippen LogP contribution in [0.2, 0.25) is 0 Å². The summed E-state index contributed by atoms with van der Waals surface area (Å²) in [6, 6.07) is 9.26. The van der Waals surface area contributed by atoms with E-state index in [-0.39, 0.29) is 11.8 Å². The van der Waals surface area contributed by atoms with Gasteiger partial charge in [-0.2, -0.15) is 0 Å². The second kappa shape index (κ2) is 6.93. The predicted octanol–water partition coefficient (Wildman–Crippen LogP) is 2.30. The first-order valence-electron chi connectivity index (χ1n) is 8.95. The number of piperidine rings is 1. The van der Waals surface area contributed by atoms with Crippen molar-refractivity contribution in [1.82, 2.24) is 4.90 Å². The molecule has 1 aromatic carbocycles. The van der Waals surface area contributed by atoms with Gasteiger partial charge in [0.25, 0.3) is 0 Å². The van der Waals surface area contributed by atoms with Gasteiger partial charge >= 0.3 is 0 Å². The van der Waals surface area contributed by atoms with Gasteiger partial charge in [0.2, 0.25) is 11.8 Å². The number of likely N-dealkylation sites (N-methyl/N-ethyl adjacent to an activating group) is 1. The van der Waals surface area contributed by atoms with E-state index in [1.807, 2.05) is 30.3 Å². The molecule has 1 atom stereocenters. The molecule has 2 aliphatic rings. The van der Waals surface area contributed by atoms with Crippen LogP contribution in [0.25, 0.3) is 0 Å². The molecule has 1 aliphatic heterocycles. The number of benzene rings is 1. The Bertz CT molecular complexity index is 596. The summed E-state index contributed by atoms with van der Waals surface area (Å²) in [5.41, 5.74) is 6.49. The third kappa shape index (κ3) is 3.18. The number of hydrogen-bond donors (Lipinski definition) is 1. The minimum absolute atomic E-state index is 0.00251. The smallest absolute Gasteiger partial charge is 0.249 e. The molecule has 0 aromatic heterocycles. The summed E-state index contributed by atoms with van der Waals surface area (Å²) in [6.07, 6.45) is 6.16. The number of carbonyl (C=O) groups is 2. The Morgan fingerprint density at radius 1 is 1.17 bits per heavy atom. The number of hydrogen-bond acceptors (Lipinski definition) is 3. The fourth-order valence-electron chi connectivity index (χ4n) is 3.97. The van der Waals surface area contributed by atoms with E-state index in [0.29, 0.717) is 13.0 Å². The number of para-hydroxylation sites is 1. The van der Waals surface area contributed by atoms with Crippen LogP contribution in [-0.2, 0) is 9.59 Å². The van der Waals surface area contributed by atoms with Crippen molar-refractivity contribution in [2.75, 3.05) is 18.5 Å². The third-order valence-corrected chi connectivity index (χ3v) is 5.44. The molecule has 0 bridgehead atoms. The number of carbonyl (C=O) groups excluding carboxylic acids is 2. The maximum Gasteiger partial charge on any atom is 0.249 e. The van der Waals surface area contributed by atoms with Gasteiger partial charge in [0.1, 0.15) is 6.04 Å². The van der Waals surface area contributed by atoms with E-state index in [1.165, 1.54) is 0 Å². The fraction of sp³-hybridized carbons (Fsp3) is 0.579. The second-order valence-corrected chi connectivity index (χ2v) is 7.12. The lowest BCUT2D eigenvalue weighted by molar-refractivity contribution is -0.144. The monoisotopic (exact) mass is 329 g/mol. The van der Waals surface area contributed by atoms with Crippen LogP contribution >= 0.6 is 0 Å². The molecule has 5 nitrogen and oxygen atoms in total. The molecule has 24 heavy (non-hydrogen) atoms. The molecule has 2 N–H and O–H groups in total. The van der Waals surface area contributed by atoms with Crippen LogP contribution < -0.4 is 10.6 Å². The van der Waals surface area contributed by atoms with Crippen LogP contribution in [0.5, 0.6) is 0 Å². The van der Waals surface area contributed by atoms with Gasteiger partial charge in [0.05, 0.1) is 5.54 Å². The lowest BCUT2D eigenvalue weighted by atomic mass is 9.81. The topological polar surface area (TPSA) is 66.6 Å². The molecule has 1 aromatic rings. The van der Waals surface area contributed by atoms with E-state index < -0.39 is 11.6 Å². The van der Waals surface area contributed by atoms with Crippen LogP contribution in [0.1, 0.15) is 44.9 Å². The lowest BCUT2D eigenvalue weighted by Gasteiger charge is -2.41. The third-order valence-electron chi connectivity index (χ3n) is 5.44. The molecule has 1 saturated heterocycles. The second-order valence-electron chi connectivity index (χ2n) is 7.12. The van der Waals surface area contributed by atoms with Gasteiger partial charge in [-0.1, -0.05) is 37.5 Å². The van der Waals surface area contributed by atoms with Gasteiger partial charge in [0.15, 0.2) is 0 Å². The fourth-order valence-corrected chi connectivity index (χ4v) is 3.97. The van der Waals surface area contributed by atoms with Crippen LogP contribution in [0.4, 0.5) is 5.69 Å². The Kier molecular flexibility index (Phi) is 4.90. The first kappa shape index (κ1) is 17.0. The highest BCUT2D eigenvalue weighted by molar-refractivity contribution is 6.00. The van der Waals surface area contributed by atoms with Crippen molar-refractivity contribution < 1.29 is 9.59 Å². The Labute approximate surface area is 143 Å². The first-order valence-corrected chi connectivity index (χ1v) is 8.95. The van der Waals surface area contributed by atoms with Gasteiger partial charge in [-0.3, -0.25) is 9.59 Å². The summed E-state index contributed by atoms with van der Waals surface area (Å²) in [5, 5.41) is 0. The van der Waals surface area contributed by atoms with Crippen LogP contribution in [-0.4, -0.2) is 41.9 Å². The Hall–Kier alpha value is -1.88. The first-order chi connectivity index (χ1) is 11.5. The highest BCUT2D eigenvalue weighted by Gasteiger charge is 2.42. The summed E-state index contributed by atoms with van der Waals surface area (Å²) in [5.74, 6) is -0.0711. The van der Waals surface area contributed by atoms with Gasteiger partial charge < -0.3 is 15.5 Å². The van der Waals surface area contributed by atoms with Gasteiger partial charge in [-0.25, -0.2) is 0 Å². The van der Waals surface area contributed by atoms with Crippen molar-refractivity contribution in [2.45, 2.75) is 56.5 Å². The lowest BCUT2D eigenvalue weighted by Crippen LogP contribution is -2.61. The highest BCUT2D eigenvalue weighted by atomic mass is 16.2. The van der Waals surface area contributed by atoms with Crippen molar-refractivity contribution in [3.63, 3.8) is 0 Å².